The van der Waals surface area contributed by atoms with Crippen LogP contribution in [-0.2, 0) is 18.1 Å². The van der Waals surface area contributed by atoms with Crippen LogP contribution in [0.3, 0.4) is 0 Å². The van der Waals surface area contributed by atoms with Crippen LogP contribution < -0.4 is 10.6 Å². The number of nitrogens with zero attached hydrogens (tertiary/aromatic N) is 3. The van der Waals surface area contributed by atoms with Crippen molar-refractivity contribution < 1.29 is 28.3 Å². The minimum Gasteiger partial charge on any atom is -0.511 e. The zero-order valence-corrected chi connectivity index (χ0v) is 34.4. The predicted octanol–water partition coefficient (Wildman–Crippen LogP) is 7.37. The zero-order valence-electron chi connectivity index (χ0n) is 33.4. The molecule has 0 spiro atoms. The lowest BCUT2D eigenvalue weighted by Gasteiger charge is -2.28. The molecule has 1 fully saturated rings. The first-order chi connectivity index (χ1) is 25.9. The van der Waals surface area contributed by atoms with Gasteiger partial charge < -0.3 is 34.1 Å². The standard InChI is InChI=1S/C42H57N5O6Si/c1-10-28-23(5)31-22-36-39(27(9)48)25(7)33(45-36)20-32-24(6)29(15-16-38(50)43-17-14-18-54(51-11-2,52-12-3)53-13-4)41(46-32)30-19-37(49)40-26(8)34(47-42(30)40)21-35(28)44-31/h20-22,24,27,29,46,48-49H,10-19H2,1-9H3,(H,43,50)/t24-,27?,29-/m0/s1. The van der Waals surface area contributed by atoms with Crippen molar-refractivity contribution in [3.05, 3.63) is 91.5 Å². The van der Waals surface area contributed by atoms with E-state index in [9.17, 15) is 15.0 Å². The van der Waals surface area contributed by atoms with Gasteiger partial charge in [-0.05, 0) is 108 Å². The van der Waals surface area contributed by atoms with Crippen LogP contribution in [0.4, 0.5) is 0 Å². The Morgan fingerprint density at radius 2 is 1.63 bits per heavy atom. The van der Waals surface area contributed by atoms with Crippen molar-refractivity contribution >= 4 is 31.8 Å². The number of fused-ring (bicyclic) bond motifs is 5. The number of aliphatic hydroxyl groups excluding tert-OH is 2. The summed E-state index contributed by atoms with van der Waals surface area (Å²) in [5.41, 5.74) is 13.3. The summed E-state index contributed by atoms with van der Waals surface area (Å²) >= 11 is 0. The second kappa shape index (κ2) is 16.4. The number of nitrogens with one attached hydrogen (secondary N) is 2. The second-order valence-corrected chi connectivity index (χ2v) is 17.4. The van der Waals surface area contributed by atoms with Crippen molar-refractivity contribution in [1.82, 2.24) is 10.6 Å². The van der Waals surface area contributed by atoms with E-state index in [0.717, 1.165) is 85.4 Å². The van der Waals surface area contributed by atoms with Crippen molar-refractivity contribution in [3.8, 4) is 0 Å². The fourth-order valence-corrected chi connectivity index (χ4v) is 11.2. The number of carbonyl (C=O) groups is 1. The topological polar surface area (TPSA) is 146 Å². The van der Waals surface area contributed by atoms with Crippen LogP contribution in [0.1, 0.15) is 94.4 Å². The number of amides is 1. The molecular formula is C42H57N5O6Si. The lowest BCUT2D eigenvalue weighted by atomic mass is 9.86. The van der Waals surface area contributed by atoms with Gasteiger partial charge in [0.25, 0.3) is 0 Å². The van der Waals surface area contributed by atoms with E-state index >= 15 is 0 Å². The Balaban J connectivity index is 1.33. The molecule has 1 aliphatic carbocycles. The third-order valence-electron chi connectivity index (χ3n) is 11.3. The Bertz CT molecular complexity index is 1940. The number of hydrogen-bond acceptors (Lipinski definition) is 10. The molecule has 0 aromatic heterocycles. The number of aliphatic imine (C=N–C) groups is 3. The summed E-state index contributed by atoms with van der Waals surface area (Å²) in [6, 6.07) is 0.637. The average Bonchev–Trinajstić information content (AvgIpc) is 3.88. The van der Waals surface area contributed by atoms with E-state index in [0.29, 0.717) is 69.5 Å². The van der Waals surface area contributed by atoms with Gasteiger partial charge >= 0.3 is 8.80 Å². The minimum absolute atomic E-state index is 0.0155. The number of hydrogen-bond donors (Lipinski definition) is 4. The van der Waals surface area contributed by atoms with E-state index in [4.69, 9.17) is 28.3 Å². The van der Waals surface area contributed by atoms with Crippen LogP contribution in [0.15, 0.2) is 106 Å². The highest BCUT2D eigenvalue weighted by molar-refractivity contribution is 6.60. The molecule has 54 heavy (non-hydrogen) atoms. The van der Waals surface area contributed by atoms with Gasteiger partial charge in [0.1, 0.15) is 5.76 Å². The first kappa shape index (κ1) is 39.7. The Hall–Kier alpha value is -3.94. The van der Waals surface area contributed by atoms with Crippen LogP contribution in [0, 0.1) is 11.8 Å². The second-order valence-electron chi connectivity index (χ2n) is 14.7. The van der Waals surface area contributed by atoms with E-state index in [1.807, 2.05) is 46.8 Å². The van der Waals surface area contributed by atoms with Crippen LogP contribution in [0.5, 0.6) is 0 Å². The maximum atomic E-state index is 13.3. The van der Waals surface area contributed by atoms with Crippen LogP contribution in [0.25, 0.3) is 0 Å². The Labute approximate surface area is 321 Å². The summed E-state index contributed by atoms with van der Waals surface area (Å²) in [7, 11) is -2.78. The van der Waals surface area contributed by atoms with Crippen molar-refractivity contribution in [3.63, 3.8) is 0 Å². The van der Waals surface area contributed by atoms with Gasteiger partial charge in [0.15, 0.2) is 0 Å². The van der Waals surface area contributed by atoms with Gasteiger partial charge in [0.05, 0.1) is 40.3 Å². The molecule has 1 unspecified atom stereocenters. The van der Waals surface area contributed by atoms with Crippen LogP contribution in [-0.4, -0.2) is 74.5 Å². The lowest BCUT2D eigenvalue weighted by Crippen LogP contribution is -2.46. The highest BCUT2D eigenvalue weighted by Crippen LogP contribution is 2.46. The SMILES string of the molecule is CCO[Si](CCCNC(=O)CC[C@@H]1C2=C3CC(O)=C4C3=NC(=C4C)C=C3N=C(C=C4N=C(C=C(N2)[C@H]1C)C(C)=C4C(C)O)C(C)=C3CC)(OCC)OCC. The molecule has 290 valence electrons. The van der Waals surface area contributed by atoms with Gasteiger partial charge in [-0.1, -0.05) is 13.8 Å². The largest absolute Gasteiger partial charge is 0.511 e. The number of allylic oxidation sites excluding steroid dienone is 11. The maximum Gasteiger partial charge on any atom is 0.500 e. The summed E-state index contributed by atoms with van der Waals surface area (Å²) in [4.78, 5) is 28.7. The minimum atomic E-state index is -2.78. The predicted molar refractivity (Wildman–Crippen MR) is 216 cm³/mol. The van der Waals surface area contributed by atoms with Gasteiger partial charge in [0.2, 0.25) is 5.91 Å². The molecule has 3 atom stereocenters. The summed E-state index contributed by atoms with van der Waals surface area (Å²) < 4.78 is 18.0. The molecule has 0 aromatic rings. The quantitative estimate of drug-likeness (QED) is 0.101. The Morgan fingerprint density at radius 1 is 0.963 bits per heavy atom. The van der Waals surface area contributed by atoms with E-state index < -0.39 is 14.9 Å². The summed E-state index contributed by atoms with van der Waals surface area (Å²) in [6.07, 6.45) is 8.18. The number of rotatable bonds is 15. The fourth-order valence-electron chi connectivity index (χ4n) is 8.56. The maximum absolute atomic E-state index is 13.3. The molecule has 4 N–H and O–H groups in total. The molecule has 6 aliphatic rings. The van der Waals surface area contributed by atoms with E-state index in [2.05, 4.69) is 37.5 Å². The van der Waals surface area contributed by atoms with E-state index in [-0.39, 0.29) is 17.7 Å². The lowest BCUT2D eigenvalue weighted by molar-refractivity contribution is -0.121. The third kappa shape index (κ3) is 7.51. The van der Waals surface area contributed by atoms with Gasteiger partial charge in [-0.3, -0.25) is 4.79 Å². The molecule has 0 saturated carbocycles. The Kier molecular flexibility index (Phi) is 12.1. The van der Waals surface area contributed by atoms with Crippen molar-refractivity contribution in [2.75, 3.05) is 26.4 Å². The van der Waals surface area contributed by atoms with E-state index in [1.165, 1.54) is 0 Å². The normalized spacial score (nSPS) is 22.9. The third-order valence-corrected chi connectivity index (χ3v) is 14.4. The summed E-state index contributed by atoms with van der Waals surface area (Å²) in [6.45, 7) is 20.1. The number of aliphatic hydroxyl groups is 2. The van der Waals surface area contributed by atoms with Gasteiger partial charge in [-0.2, -0.15) is 0 Å². The molecule has 6 rings (SSSR count). The van der Waals surface area contributed by atoms with E-state index in [1.54, 1.807) is 6.92 Å². The molecule has 5 aliphatic heterocycles. The Morgan fingerprint density at radius 3 is 2.28 bits per heavy atom. The molecule has 8 bridgehead atoms. The van der Waals surface area contributed by atoms with Crippen LogP contribution >= 0.6 is 0 Å². The highest BCUT2D eigenvalue weighted by Gasteiger charge is 2.42. The molecule has 11 nitrogen and oxygen atoms in total. The first-order valence-corrected chi connectivity index (χ1v) is 21.6. The molecule has 1 saturated heterocycles. The number of carbonyl (C=O) groups excluding carboxylic acids is 1. The smallest absolute Gasteiger partial charge is 0.500 e. The van der Waals surface area contributed by atoms with Gasteiger partial charge in [0, 0.05) is 85.2 Å². The first-order valence-electron chi connectivity index (χ1n) is 19.7. The van der Waals surface area contributed by atoms with Crippen molar-refractivity contribution in [2.45, 2.75) is 107 Å². The molecular weight excluding hydrogens is 699 g/mol. The average molecular weight is 756 g/mol. The monoisotopic (exact) mass is 755 g/mol. The molecule has 1 amide bonds. The summed E-state index contributed by atoms with van der Waals surface area (Å²) in [5, 5.41) is 29.2. The van der Waals surface area contributed by atoms with Crippen LogP contribution in [0.2, 0.25) is 6.04 Å². The molecule has 0 aromatic carbocycles. The molecule has 12 heteroatoms. The van der Waals surface area contributed by atoms with Crippen molar-refractivity contribution in [2.24, 2.45) is 26.8 Å². The van der Waals surface area contributed by atoms with Gasteiger partial charge in [-0.25, -0.2) is 15.0 Å². The van der Waals surface area contributed by atoms with Gasteiger partial charge in [-0.15, -0.1) is 0 Å². The zero-order chi connectivity index (χ0) is 38.9. The van der Waals surface area contributed by atoms with Crippen molar-refractivity contribution in [1.29, 1.82) is 0 Å². The highest BCUT2D eigenvalue weighted by atomic mass is 28.4. The fraction of sp³-hybridized carbons (Fsp3) is 0.524. The summed E-state index contributed by atoms with van der Waals surface area (Å²) in [5.74, 6) is 0.281. The molecule has 0 radical (unpaired) electrons. The molecule has 5 heterocycles.